The number of hydrazone groups is 1. The lowest BCUT2D eigenvalue weighted by molar-refractivity contribution is -0.124. The zero-order valence-corrected chi connectivity index (χ0v) is 17.3. The number of benzene rings is 2. The third-order valence-electron chi connectivity index (χ3n) is 3.62. The van der Waals surface area contributed by atoms with Crippen LogP contribution < -0.4 is 20.2 Å². The molecule has 2 aromatic rings. The number of carbonyl (C=O) groups excluding carboxylic acids is 2. The number of nitrogens with zero attached hydrogens (tertiary/aromatic N) is 1. The first-order chi connectivity index (χ1) is 13.5. The van der Waals surface area contributed by atoms with Gasteiger partial charge < -0.3 is 14.8 Å². The number of para-hydroxylation sites is 2. The smallest absolute Gasteiger partial charge is 0.240 e. The molecule has 2 N–H and O–H groups in total. The Morgan fingerprint density at radius 1 is 1.11 bits per heavy atom. The Bertz CT molecular complexity index is 855. The van der Waals surface area contributed by atoms with E-state index in [-0.39, 0.29) is 24.7 Å². The number of hydrogen-bond donors (Lipinski definition) is 2. The highest BCUT2D eigenvalue weighted by Crippen LogP contribution is 2.25. The van der Waals surface area contributed by atoms with Gasteiger partial charge in [0.05, 0.1) is 30.1 Å². The van der Waals surface area contributed by atoms with Crippen molar-refractivity contribution in [3.8, 4) is 11.5 Å². The Kier molecular flexibility index (Phi) is 8.48. The zero-order chi connectivity index (χ0) is 20.4. The van der Waals surface area contributed by atoms with Crippen molar-refractivity contribution in [3.05, 3.63) is 52.5 Å². The van der Waals surface area contributed by atoms with E-state index in [4.69, 9.17) is 9.47 Å². The molecule has 8 heteroatoms. The molecule has 0 spiro atoms. The van der Waals surface area contributed by atoms with Crippen molar-refractivity contribution in [2.24, 2.45) is 5.10 Å². The van der Waals surface area contributed by atoms with Gasteiger partial charge in [-0.15, -0.1) is 0 Å². The number of anilines is 1. The summed E-state index contributed by atoms with van der Waals surface area (Å²) >= 11 is 3.42. The topological polar surface area (TPSA) is 89.0 Å². The molecule has 7 nitrogen and oxygen atoms in total. The third-order valence-corrected chi connectivity index (χ3v) is 4.24. The number of methoxy groups -OCH3 is 1. The fourth-order valence-corrected chi connectivity index (χ4v) is 2.80. The van der Waals surface area contributed by atoms with E-state index in [1.165, 1.54) is 13.3 Å². The van der Waals surface area contributed by atoms with E-state index < -0.39 is 0 Å². The van der Waals surface area contributed by atoms with E-state index in [9.17, 15) is 9.59 Å². The van der Waals surface area contributed by atoms with Crippen LogP contribution in [0.15, 0.2) is 52.0 Å². The monoisotopic (exact) mass is 447 g/mol. The van der Waals surface area contributed by atoms with Gasteiger partial charge in [0.2, 0.25) is 11.8 Å². The van der Waals surface area contributed by atoms with Gasteiger partial charge in [-0.1, -0.05) is 12.1 Å². The molecule has 2 rings (SSSR count). The standard InChI is InChI=1S/C20H22BrN3O4/c1-3-28-17-9-8-14(12-15(17)21)13-22-24-20(26)11-10-19(25)23-16-6-4-5-7-18(16)27-2/h4-9,12-13H,3,10-11H2,1-2H3,(H,23,25)(H,24,26). The Morgan fingerprint density at radius 2 is 1.86 bits per heavy atom. The minimum atomic E-state index is -0.351. The summed E-state index contributed by atoms with van der Waals surface area (Å²) in [6.07, 6.45) is 1.58. The van der Waals surface area contributed by atoms with Gasteiger partial charge in [0.25, 0.3) is 0 Å². The summed E-state index contributed by atoms with van der Waals surface area (Å²) in [5.41, 5.74) is 3.77. The van der Waals surface area contributed by atoms with E-state index in [1.807, 2.05) is 31.2 Å². The van der Waals surface area contributed by atoms with Crippen molar-refractivity contribution in [2.75, 3.05) is 19.0 Å². The van der Waals surface area contributed by atoms with E-state index in [0.717, 1.165) is 15.8 Å². The van der Waals surface area contributed by atoms with Gasteiger partial charge in [-0.25, -0.2) is 5.43 Å². The fourth-order valence-electron chi connectivity index (χ4n) is 2.29. The van der Waals surface area contributed by atoms with Gasteiger partial charge in [-0.3, -0.25) is 9.59 Å². The van der Waals surface area contributed by atoms with Crippen molar-refractivity contribution in [3.63, 3.8) is 0 Å². The number of ether oxygens (including phenoxy) is 2. The van der Waals surface area contributed by atoms with Crippen LogP contribution in [0.5, 0.6) is 11.5 Å². The lowest BCUT2D eigenvalue weighted by Gasteiger charge is -2.09. The molecule has 0 atom stereocenters. The van der Waals surface area contributed by atoms with Crippen molar-refractivity contribution in [1.29, 1.82) is 0 Å². The molecule has 0 aliphatic carbocycles. The molecule has 0 aromatic heterocycles. The minimum absolute atomic E-state index is 0.0191. The number of rotatable bonds is 9. The van der Waals surface area contributed by atoms with E-state index >= 15 is 0 Å². The Labute approximate surface area is 172 Å². The van der Waals surface area contributed by atoms with Crippen molar-refractivity contribution < 1.29 is 19.1 Å². The van der Waals surface area contributed by atoms with Crippen LogP contribution in [0.1, 0.15) is 25.3 Å². The predicted molar refractivity (Wildman–Crippen MR) is 112 cm³/mol. The first-order valence-electron chi connectivity index (χ1n) is 8.70. The van der Waals surface area contributed by atoms with Gasteiger partial charge in [-0.2, -0.15) is 5.10 Å². The van der Waals surface area contributed by atoms with Crippen LogP contribution in [0.25, 0.3) is 0 Å². The van der Waals surface area contributed by atoms with Crippen LogP contribution in [0.4, 0.5) is 5.69 Å². The number of halogens is 1. The molecule has 2 amide bonds. The van der Waals surface area contributed by atoms with Gasteiger partial charge in [-0.05, 0) is 58.7 Å². The number of hydrogen-bond acceptors (Lipinski definition) is 5. The molecule has 0 saturated carbocycles. The van der Waals surface area contributed by atoms with Crippen LogP contribution in [-0.2, 0) is 9.59 Å². The average Bonchev–Trinajstić information content (AvgIpc) is 2.69. The normalized spacial score (nSPS) is 10.5. The zero-order valence-electron chi connectivity index (χ0n) is 15.7. The largest absolute Gasteiger partial charge is 0.495 e. The van der Waals surface area contributed by atoms with Crippen LogP contribution in [0.3, 0.4) is 0 Å². The molecule has 2 aromatic carbocycles. The highest BCUT2D eigenvalue weighted by atomic mass is 79.9. The number of carbonyl (C=O) groups is 2. The Hall–Kier alpha value is -2.87. The van der Waals surface area contributed by atoms with Crippen molar-refractivity contribution in [1.82, 2.24) is 5.43 Å². The molecule has 0 aliphatic rings. The van der Waals surface area contributed by atoms with Crippen LogP contribution in [0, 0.1) is 0 Å². The summed E-state index contributed by atoms with van der Waals surface area (Å²) in [4.78, 5) is 23.9. The number of amides is 2. The summed E-state index contributed by atoms with van der Waals surface area (Å²) in [7, 11) is 1.53. The SMILES string of the molecule is CCOc1ccc(C=NNC(=O)CCC(=O)Nc2ccccc2OC)cc1Br. The summed E-state index contributed by atoms with van der Waals surface area (Å²) in [5.74, 6) is 0.673. The minimum Gasteiger partial charge on any atom is -0.495 e. The molecule has 28 heavy (non-hydrogen) atoms. The summed E-state index contributed by atoms with van der Waals surface area (Å²) < 4.78 is 11.4. The second kappa shape index (κ2) is 11.1. The maximum Gasteiger partial charge on any atom is 0.240 e. The maximum atomic E-state index is 12.0. The van der Waals surface area contributed by atoms with Crippen LogP contribution >= 0.6 is 15.9 Å². The Balaban J connectivity index is 1.78. The molecule has 0 radical (unpaired) electrons. The second-order valence-corrected chi connectivity index (χ2v) is 6.52. The summed E-state index contributed by atoms with van der Waals surface area (Å²) in [6.45, 7) is 2.49. The summed E-state index contributed by atoms with van der Waals surface area (Å²) in [5, 5.41) is 6.63. The highest BCUT2D eigenvalue weighted by molar-refractivity contribution is 9.10. The van der Waals surface area contributed by atoms with Crippen LogP contribution in [-0.4, -0.2) is 31.7 Å². The van der Waals surface area contributed by atoms with E-state index in [2.05, 4.69) is 31.8 Å². The van der Waals surface area contributed by atoms with E-state index in [0.29, 0.717) is 18.0 Å². The lowest BCUT2D eigenvalue weighted by atomic mass is 10.2. The summed E-state index contributed by atoms with van der Waals surface area (Å²) in [6, 6.07) is 12.6. The first-order valence-corrected chi connectivity index (χ1v) is 9.50. The van der Waals surface area contributed by atoms with Gasteiger partial charge in [0.1, 0.15) is 11.5 Å². The molecule has 0 unspecified atom stereocenters. The average molecular weight is 448 g/mol. The van der Waals surface area contributed by atoms with Gasteiger partial charge in [0.15, 0.2) is 0 Å². The molecule has 0 aliphatic heterocycles. The first kappa shape index (κ1) is 21.4. The van der Waals surface area contributed by atoms with Gasteiger partial charge >= 0.3 is 0 Å². The van der Waals surface area contributed by atoms with Crippen LogP contribution in [0.2, 0.25) is 0 Å². The molecule has 0 bridgehead atoms. The molecular weight excluding hydrogens is 426 g/mol. The van der Waals surface area contributed by atoms with Crippen molar-refractivity contribution in [2.45, 2.75) is 19.8 Å². The molecule has 0 saturated heterocycles. The molecular formula is C20H22BrN3O4. The quantitative estimate of drug-likeness (QED) is 0.452. The fraction of sp³-hybridized carbons (Fsp3) is 0.250. The molecule has 0 fully saturated rings. The van der Waals surface area contributed by atoms with Crippen molar-refractivity contribution >= 4 is 39.6 Å². The molecule has 0 heterocycles. The lowest BCUT2D eigenvalue weighted by Crippen LogP contribution is -2.20. The maximum absolute atomic E-state index is 12.0. The third kappa shape index (κ3) is 6.70. The second-order valence-electron chi connectivity index (χ2n) is 5.66. The number of nitrogens with one attached hydrogen (secondary N) is 2. The van der Waals surface area contributed by atoms with E-state index in [1.54, 1.807) is 18.2 Å². The van der Waals surface area contributed by atoms with Gasteiger partial charge in [0, 0.05) is 12.8 Å². The predicted octanol–water partition coefficient (Wildman–Crippen LogP) is 3.73. The molecule has 148 valence electrons. The Morgan fingerprint density at radius 3 is 2.57 bits per heavy atom. The highest BCUT2D eigenvalue weighted by Gasteiger charge is 2.09.